The SMILES string of the molecule is CCCSNCCCc1ccc2c(c1)C(Cc1ccccc1)C(NCC)CC2. The molecule has 1 aliphatic carbocycles. The summed E-state index contributed by atoms with van der Waals surface area (Å²) in [5.41, 5.74) is 6.10. The topological polar surface area (TPSA) is 24.1 Å². The molecule has 0 bridgehead atoms. The average molecular weight is 397 g/mol. The normalized spacial score (nSPS) is 18.8. The van der Waals surface area contributed by atoms with E-state index >= 15 is 0 Å². The number of benzene rings is 2. The van der Waals surface area contributed by atoms with Crippen molar-refractivity contribution in [2.45, 2.75) is 64.3 Å². The summed E-state index contributed by atoms with van der Waals surface area (Å²) in [4.78, 5) is 0. The van der Waals surface area contributed by atoms with Crippen molar-refractivity contribution < 1.29 is 0 Å². The Kier molecular flexibility index (Phi) is 8.91. The van der Waals surface area contributed by atoms with Crippen LogP contribution in [0.1, 0.15) is 61.3 Å². The Morgan fingerprint density at radius 3 is 2.68 bits per heavy atom. The van der Waals surface area contributed by atoms with Crippen molar-refractivity contribution in [1.29, 1.82) is 0 Å². The molecule has 2 N–H and O–H groups in total. The molecule has 0 radical (unpaired) electrons. The minimum atomic E-state index is 0.573. The molecule has 2 aromatic rings. The highest BCUT2D eigenvalue weighted by Crippen LogP contribution is 2.35. The Hall–Kier alpha value is -1.29. The molecule has 28 heavy (non-hydrogen) atoms. The molecule has 3 rings (SSSR count). The highest BCUT2D eigenvalue weighted by atomic mass is 32.2. The molecule has 0 amide bonds. The van der Waals surface area contributed by atoms with Gasteiger partial charge in [0.1, 0.15) is 0 Å². The zero-order valence-corrected chi connectivity index (χ0v) is 18.4. The molecule has 2 atom stereocenters. The van der Waals surface area contributed by atoms with Crippen LogP contribution < -0.4 is 10.0 Å². The molecule has 0 heterocycles. The number of fused-ring (bicyclic) bond motifs is 1. The molecule has 0 aliphatic heterocycles. The van der Waals surface area contributed by atoms with Gasteiger partial charge in [0.25, 0.3) is 0 Å². The predicted octanol–water partition coefficient (Wildman–Crippen LogP) is 5.52. The fraction of sp³-hybridized carbons (Fsp3) is 0.520. The minimum absolute atomic E-state index is 0.573. The van der Waals surface area contributed by atoms with Crippen LogP contribution in [0.15, 0.2) is 48.5 Å². The second-order valence-corrected chi connectivity index (χ2v) is 8.86. The van der Waals surface area contributed by atoms with Gasteiger partial charge in [-0.25, -0.2) is 0 Å². The molecule has 1 aliphatic rings. The molecule has 2 nitrogen and oxygen atoms in total. The fourth-order valence-electron chi connectivity index (χ4n) is 4.34. The molecule has 3 heteroatoms. The van der Waals surface area contributed by atoms with E-state index < -0.39 is 0 Å². The van der Waals surface area contributed by atoms with Crippen LogP contribution in [0.4, 0.5) is 0 Å². The van der Waals surface area contributed by atoms with Gasteiger partial charge in [-0.05, 0) is 67.3 Å². The maximum absolute atomic E-state index is 3.77. The van der Waals surface area contributed by atoms with Gasteiger partial charge in [0.15, 0.2) is 0 Å². The Bertz CT molecular complexity index is 701. The quantitative estimate of drug-likeness (QED) is 0.386. The second kappa shape index (κ2) is 11.6. The van der Waals surface area contributed by atoms with Crippen LogP contribution in [0.5, 0.6) is 0 Å². The van der Waals surface area contributed by atoms with E-state index in [9.17, 15) is 0 Å². The van der Waals surface area contributed by atoms with E-state index in [2.05, 4.69) is 72.4 Å². The monoisotopic (exact) mass is 396 g/mol. The van der Waals surface area contributed by atoms with Gasteiger partial charge in [-0.2, -0.15) is 0 Å². The van der Waals surface area contributed by atoms with E-state index in [0.717, 1.165) is 25.9 Å². The number of nitrogens with one attached hydrogen (secondary N) is 2. The molecule has 152 valence electrons. The van der Waals surface area contributed by atoms with Crippen LogP contribution in [0, 0.1) is 0 Å². The largest absolute Gasteiger partial charge is 0.314 e. The van der Waals surface area contributed by atoms with Gasteiger partial charge in [-0.15, -0.1) is 0 Å². The van der Waals surface area contributed by atoms with Crippen molar-refractivity contribution in [1.82, 2.24) is 10.0 Å². The lowest BCUT2D eigenvalue weighted by Gasteiger charge is -2.35. The number of hydrogen-bond donors (Lipinski definition) is 2. The van der Waals surface area contributed by atoms with E-state index in [1.54, 1.807) is 11.1 Å². The zero-order chi connectivity index (χ0) is 19.6. The highest BCUT2D eigenvalue weighted by molar-refractivity contribution is 7.97. The van der Waals surface area contributed by atoms with Crippen LogP contribution in [0.3, 0.4) is 0 Å². The van der Waals surface area contributed by atoms with Crippen molar-refractivity contribution in [3.05, 3.63) is 70.8 Å². The lowest BCUT2D eigenvalue weighted by molar-refractivity contribution is 0.392. The Morgan fingerprint density at radius 1 is 1.04 bits per heavy atom. The van der Waals surface area contributed by atoms with E-state index in [1.165, 1.54) is 42.6 Å². The van der Waals surface area contributed by atoms with E-state index in [0.29, 0.717) is 12.0 Å². The number of rotatable bonds is 11. The lowest BCUT2D eigenvalue weighted by Crippen LogP contribution is -2.39. The summed E-state index contributed by atoms with van der Waals surface area (Å²) in [6.45, 7) is 6.60. The standard InChI is InChI=1S/C25H36N2S/c1-3-17-28-27-16-8-11-21-12-13-22-14-15-25(26-4-2)24(23(22)18-21)19-20-9-6-5-7-10-20/h5-7,9-10,12-13,18,24-27H,3-4,8,11,14-17,19H2,1-2H3. The molecule has 2 aromatic carbocycles. The molecule has 0 aromatic heterocycles. The van der Waals surface area contributed by atoms with Gasteiger partial charge in [0.2, 0.25) is 0 Å². The van der Waals surface area contributed by atoms with Crippen molar-refractivity contribution in [2.75, 3.05) is 18.8 Å². The Morgan fingerprint density at radius 2 is 1.89 bits per heavy atom. The van der Waals surface area contributed by atoms with E-state index in [1.807, 2.05) is 11.9 Å². The number of likely N-dealkylation sites (N-methyl/N-ethyl adjacent to an activating group) is 1. The molecule has 2 unspecified atom stereocenters. The van der Waals surface area contributed by atoms with E-state index in [4.69, 9.17) is 0 Å². The lowest BCUT2D eigenvalue weighted by atomic mass is 9.75. The first kappa shape index (κ1) is 21.4. The number of aryl methyl sites for hydroxylation is 2. The van der Waals surface area contributed by atoms with Gasteiger partial charge in [0.05, 0.1) is 0 Å². The zero-order valence-electron chi connectivity index (χ0n) is 17.5. The second-order valence-electron chi connectivity index (χ2n) is 7.88. The van der Waals surface area contributed by atoms with Crippen LogP contribution in [0.25, 0.3) is 0 Å². The van der Waals surface area contributed by atoms with E-state index in [-0.39, 0.29) is 0 Å². The van der Waals surface area contributed by atoms with Gasteiger partial charge in [0, 0.05) is 24.3 Å². The highest BCUT2D eigenvalue weighted by Gasteiger charge is 2.29. The minimum Gasteiger partial charge on any atom is -0.314 e. The summed E-state index contributed by atoms with van der Waals surface area (Å²) < 4.78 is 3.49. The Balaban J connectivity index is 1.70. The van der Waals surface area contributed by atoms with Crippen molar-refractivity contribution >= 4 is 11.9 Å². The van der Waals surface area contributed by atoms with Crippen LogP contribution in [-0.4, -0.2) is 24.9 Å². The first-order valence-corrected chi connectivity index (χ1v) is 12.0. The summed E-state index contributed by atoms with van der Waals surface area (Å²) in [6, 6.07) is 18.9. The van der Waals surface area contributed by atoms with Crippen LogP contribution in [0.2, 0.25) is 0 Å². The molecular formula is C25H36N2S. The maximum atomic E-state index is 3.77. The van der Waals surface area contributed by atoms with Crippen LogP contribution >= 0.6 is 11.9 Å². The summed E-state index contributed by atoms with van der Waals surface area (Å²) in [6.07, 6.45) is 7.18. The summed E-state index contributed by atoms with van der Waals surface area (Å²) >= 11 is 1.86. The smallest absolute Gasteiger partial charge is 0.0142 e. The van der Waals surface area contributed by atoms with Crippen LogP contribution in [-0.2, 0) is 19.3 Å². The first-order valence-electron chi connectivity index (χ1n) is 11.1. The van der Waals surface area contributed by atoms with Gasteiger partial charge in [-0.1, -0.05) is 74.3 Å². The van der Waals surface area contributed by atoms with Crippen molar-refractivity contribution in [2.24, 2.45) is 0 Å². The number of hydrogen-bond acceptors (Lipinski definition) is 3. The van der Waals surface area contributed by atoms with Gasteiger partial charge in [-0.3, -0.25) is 4.72 Å². The summed E-state index contributed by atoms with van der Waals surface area (Å²) in [5, 5.41) is 3.77. The van der Waals surface area contributed by atoms with Gasteiger partial charge >= 0.3 is 0 Å². The summed E-state index contributed by atoms with van der Waals surface area (Å²) in [7, 11) is 0. The maximum Gasteiger partial charge on any atom is 0.0142 e. The van der Waals surface area contributed by atoms with Gasteiger partial charge < -0.3 is 5.32 Å². The van der Waals surface area contributed by atoms with Crippen molar-refractivity contribution in [3.8, 4) is 0 Å². The molecular weight excluding hydrogens is 360 g/mol. The molecule has 0 saturated carbocycles. The first-order chi connectivity index (χ1) is 13.8. The average Bonchev–Trinajstić information content (AvgIpc) is 2.73. The van der Waals surface area contributed by atoms with Crippen molar-refractivity contribution in [3.63, 3.8) is 0 Å². The molecule has 0 saturated heterocycles. The third-order valence-corrected chi connectivity index (χ3v) is 6.76. The summed E-state index contributed by atoms with van der Waals surface area (Å²) in [5.74, 6) is 1.77. The molecule has 0 spiro atoms. The third kappa shape index (κ3) is 6.10. The molecule has 0 fully saturated rings. The third-order valence-electron chi connectivity index (χ3n) is 5.74. The Labute approximate surface area is 176 Å². The fourth-order valence-corrected chi connectivity index (χ4v) is 4.98. The predicted molar refractivity (Wildman–Crippen MR) is 124 cm³/mol.